The predicted octanol–water partition coefficient (Wildman–Crippen LogP) is 0.654. The van der Waals surface area contributed by atoms with Gasteiger partial charge in [-0.3, -0.25) is 14.2 Å². The van der Waals surface area contributed by atoms with E-state index in [4.69, 9.17) is 0 Å². The van der Waals surface area contributed by atoms with Crippen LogP contribution in [0.15, 0.2) is 15.9 Å². The van der Waals surface area contributed by atoms with E-state index >= 15 is 0 Å². The SMILES string of the molecule is C[C@H]1CCc2nc(NC(=O)Cn3c(=O)c4c(ncn4C)n(C)c3=O)sc2C1. The number of hydrogen-bond donors (Lipinski definition) is 1. The van der Waals surface area contributed by atoms with Gasteiger partial charge in [-0.15, -0.1) is 11.3 Å². The summed E-state index contributed by atoms with van der Waals surface area (Å²) < 4.78 is 3.74. The number of nitrogens with zero attached hydrogens (tertiary/aromatic N) is 5. The van der Waals surface area contributed by atoms with Gasteiger partial charge in [0.2, 0.25) is 5.91 Å². The van der Waals surface area contributed by atoms with Crippen LogP contribution in [0.25, 0.3) is 11.2 Å². The minimum Gasteiger partial charge on any atom is -0.328 e. The Labute approximate surface area is 158 Å². The van der Waals surface area contributed by atoms with Gasteiger partial charge in [-0.05, 0) is 25.2 Å². The normalized spacial score (nSPS) is 16.5. The molecule has 3 aromatic heterocycles. The Morgan fingerprint density at radius 2 is 2.15 bits per heavy atom. The molecule has 1 atom stereocenters. The average Bonchev–Trinajstić information content (AvgIpc) is 3.19. The first-order valence-corrected chi connectivity index (χ1v) is 9.56. The molecule has 0 unspecified atom stereocenters. The van der Waals surface area contributed by atoms with Crippen LogP contribution in [0.5, 0.6) is 0 Å². The lowest BCUT2D eigenvalue weighted by molar-refractivity contribution is -0.116. The van der Waals surface area contributed by atoms with Gasteiger partial charge < -0.3 is 9.88 Å². The molecule has 0 aliphatic heterocycles. The maximum atomic E-state index is 12.7. The van der Waals surface area contributed by atoms with Gasteiger partial charge in [-0.2, -0.15) is 0 Å². The van der Waals surface area contributed by atoms with E-state index in [0.717, 1.165) is 29.5 Å². The van der Waals surface area contributed by atoms with Crippen LogP contribution < -0.4 is 16.6 Å². The summed E-state index contributed by atoms with van der Waals surface area (Å²) in [5.74, 6) is 0.170. The second-order valence-electron chi connectivity index (χ2n) is 7.05. The highest BCUT2D eigenvalue weighted by molar-refractivity contribution is 7.15. The molecule has 0 aromatic carbocycles. The van der Waals surface area contributed by atoms with Crippen molar-refractivity contribution < 1.29 is 4.79 Å². The minimum atomic E-state index is -0.575. The van der Waals surface area contributed by atoms with Crippen molar-refractivity contribution in [1.82, 2.24) is 23.7 Å². The van der Waals surface area contributed by atoms with Crippen molar-refractivity contribution in [3.05, 3.63) is 37.7 Å². The average molecular weight is 388 g/mol. The molecule has 4 rings (SSSR count). The second-order valence-corrected chi connectivity index (χ2v) is 8.13. The molecular formula is C17H20N6O3S. The molecule has 1 N–H and O–H groups in total. The van der Waals surface area contributed by atoms with Crippen LogP contribution >= 0.6 is 11.3 Å². The van der Waals surface area contributed by atoms with Gasteiger partial charge in [0.15, 0.2) is 16.3 Å². The molecule has 0 fully saturated rings. The molecule has 10 heteroatoms. The molecule has 0 spiro atoms. The molecule has 0 radical (unpaired) electrons. The van der Waals surface area contributed by atoms with E-state index in [1.54, 1.807) is 11.6 Å². The fourth-order valence-electron chi connectivity index (χ4n) is 3.43. The van der Waals surface area contributed by atoms with Crippen LogP contribution in [-0.4, -0.2) is 29.6 Å². The third-order valence-corrected chi connectivity index (χ3v) is 5.97. The van der Waals surface area contributed by atoms with E-state index < -0.39 is 17.2 Å². The van der Waals surface area contributed by atoms with Crippen LogP contribution in [0.1, 0.15) is 23.9 Å². The van der Waals surface area contributed by atoms with E-state index in [-0.39, 0.29) is 12.1 Å². The lowest BCUT2D eigenvalue weighted by atomic mass is 9.93. The first-order valence-electron chi connectivity index (χ1n) is 8.74. The lowest BCUT2D eigenvalue weighted by Crippen LogP contribution is -2.42. The van der Waals surface area contributed by atoms with Gasteiger partial charge in [0.1, 0.15) is 6.54 Å². The Morgan fingerprint density at radius 3 is 2.93 bits per heavy atom. The standard InChI is InChI=1S/C17H20N6O3S/c1-9-4-5-10-11(6-9)27-16(19-10)20-12(24)7-23-15(25)13-14(18-8-21(13)2)22(3)17(23)26/h8-9H,4-7H2,1-3H3,(H,19,20,24)/t9-/m0/s1. The molecule has 1 amide bonds. The predicted molar refractivity (Wildman–Crippen MR) is 102 cm³/mol. The summed E-state index contributed by atoms with van der Waals surface area (Å²) in [4.78, 5) is 47.4. The fraction of sp³-hybridized carbons (Fsp3) is 0.471. The summed E-state index contributed by atoms with van der Waals surface area (Å²) in [5.41, 5.74) is 0.511. The highest BCUT2D eigenvalue weighted by Gasteiger charge is 2.21. The van der Waals surface area contributed by atoms with Gasteiger partial charge in [-0.25, -0.2) is 19.3 Å². The minimum absolute atomic E-state index is 0.281. The Morgan fingerprint density at radius 1 is 1.37 bits per heavy atom. The number of amides is 1. The number of fused-ring (bicyclic) bond motifs is 2. The zero-order valence-electron chi connectivity index (χ0n) is 15.4. The molecule has 142 valence electrons. The summed E-state index contributed by atoms with van der Waals surface area (Å²) in [6.07, 6.45) is 4.46. The number of carbonyl (C=O) groups excluding carboxylic acids is 1. The largest absolute Gasteiger partial charge is 0.332 e. The van der Waals surface area contributed by atoms with Gasteiger partial charge in [-0.1, -0.05) is 6.92 Å². The number of thiazole rings is 1. The van der Waals surface area contributed by atoms with Crippen molar-refractivity contribution in [2.24, 2.45) is 20.0 Å². The van der Waals surface area contributed by atoms with Gasteiger partial charge in [0, 0.05) is 19.0 Å². The van der Waals surface area contributed by atoms with Crippen LogP contribution in [-0.2, 0) is 38.3 Å². The molecule has 3 heterocycles. The second kappa shape index (κ2) is 6.45. The van der Waals surface area contributed by atoms with Crippen molar-refractivity contribution in [3.63, 3.8) is 0 Å². The molecule has 3 aromatic rings. The van der Waals surface area contributed by atoms with Crippen LogP contribution in [0.4, 0.5) is 5.13 Å². The third kappa shape index (κ3) is 2.99. The molecule has 0 bridgehead atoms. The highest BCUT2D eigenvalue weighted by atomic mass is 32.1. The maximum Gasteiger partial charge on any atom is 0.332 e. The number of anilines is 1. The topological polar surface area (TPSA) is 104 Å². The maximum absolute atomic E-state index is 12.7. The smallest absolute Gasteiger partial charge is 0.328 e. The lowest BCUT2D eigenvalue weighted by Gasteiger charge is -2.15. The monoisotopic (exact) mass is 388 g/mol. The summed E-state index contributed by atoms with van der Waals surface area (Å²) >= 11 is 1.47. The summed E-state index contributed by atoms with van der Waals surface area (Å²) in [6, 6.07) is 0. The van der Waals surface area contributed by atoms with Gasteiger partial charge >= 0.3 is 5.69 Å². The summed E-state index contributed by atoms with van der Waals surface area (Å²) in [5, 5.41) is 3.25. The zero-order valence-corrected chi connectivity index (χ0v) is 16.2. The van der Waals surface area contributed by atoms with E-state index in [9.17, 15) is 14.4 Å². The third-order valence-electron chi connectivity index (χ3n) is 4.94. The Kier molecular flexibility index (Phi) is 4.22. The van der Waals surface area contributed by atoms with Crippen molar-refractivity contribution >= 4 is 33.5 Å². The van der Waals surface area contributed by atoms with E-state index in [0.29, 0.717) is 16.7 Å². The van der Waals surface area contributed by atoms with E-state index in [1.807, 2.05) is 0 Å². The Balaban J connectivity index is 1.61. The van der Waals surface area contributed by atoms with Gasteiger partial charge in [0.05, 0.1) is 12.0 Å². The number of nitrogens with one attached hydrogen (secondary N) is 1. The van der Waals surface area contributed by atoms with Crippen LogP contribution in [0.2, 0.25) is 0 Å². The zero-order chi connectivity index (χ0) is 19.3. The van der Waals surface area contributed by atoms with Crippen molar-refractivity contribution in [2.75, 3.05) is 5.32 Å². The highest BCUT2D eigenvalue weighted by Crippen LogP contribution is 2.32. The molecule has 9 nitrogen and oxygen atoms in total. The first-order chi connectivity index (χ1) is 12.8. The van der Waals surface area contributed by atoms with Crippen LogP contribution in [0.3, 0.4) is 0 Å². The Hall–Kier alpha value is -2.75. The fourth-order valence-corrected chi connectivity index (χ4v) is 4.62. The quantitative estimate of drug-likeness (QED) is 0.710. The molecule has 0 saturated heterocycles. The van der Waals surface area contributed by atoms with Crippen molar-refractivity contribution in [2.45, 2.75) is 32.7 Å². The van der Waals surface area contributed by atoms with Crippen molar-refractivity contribution in [1.29, 1.82) is 0 Å². The van der Waals surface area contributed by atoms with E-state index in [2.05, 4.69) is 22.2 Å². The molecule has 1 aliphatic carbocycles. The Bertz CT molecular complexity index is 1170. The number of aromatic nitrogens is 5. The van der Waals surface area contributed by atoms with Gasteiger partial charge in [0.25, 0.3) is 5.56 Å². The molecular weight excluding hydrogens is 368 g/mol. The molecule has 27 heavy (non-hydrogen) atoms. The van der Waals surface area contributed by atoms with E-state index in [1.165, 1.54) is 34.2 Å². The number of carbonyl (C=O) groups is 1. The summed E-state index contributed by atoms with van der Waals surface area (Å²) in [7, 11) is 3.20. The molecule has 1 aliphatic rings. The van der Waals surface area contributed by atoms with Crippen LogP contribution in [0, 0.1) is 5.92 Å². The number of aryl methyl sites for hydroxylation is 3. The summed E-state index contributed by atoms with van der Waals surface area (Å²) in [6.45, 7) is 1.84. The number of hydrogen-bond acceptors (Lipinski definition) is 6. The number of rotatable bonds is 3. The number of imidazole rings is 1. The van der Waals surface area contributed by atoms with Crippen molar-refractivity contribution in [3.8, 4) is 0 Å². The first kappa shape index (κ1) is 17.7. The molecule has 0 saturated carbocycles.